The number of aromatic nitrogens is 2. The van der Waals surface area contributed by atoms with Crippen LogP contribution in [0.25, 0.3) is 0 Å². The molecule has 2 aromatic heterocycles. The first-order valence-electron chi connectivity index (χ1n) is 5.94. The zero-order valence-electron chi connectivity index (χ0n) is 9.84. The fourth-order valence-corrected chi connectivity index (χ4v) is 1.92. The third-order valence-electron chi connectivity index (χ3n) is 2.98. The molecule has 1 saturated carbocycles. The molecule has 0 spiro atoms. The molecule has 5 nitrogen and oxygen atoms in total. The molecule has 1 fully saturated rings. The van der Waals surface area contributed by atoms with Crippen LogP contribution in [0.4, 0.5) is 11.5 Å². The molecule has 3 N–H and O–H groups in total. The van der Waals surface area contributed by atoms with E-state index in [1.807, 2.05) is 6.07 Å². The number of nitrogen functional groups attached to an aromatic ring is 1. The van der Waals surface area contributed by atoms with Crippen LogP contribution in [0, 0.1) is 0 Å². The van der Waals surface area contributed by atoms with Crippen LogP contribution in [0.2, 0.25) is 0 Å². The van der Waals surface area contributed by atoms with E-state index in [-0.39, 0.29) is 11.9 Å². The quantitative estimate of drug-likeness (QED) is 0.861. The van der Waals surface area contributed by atoms with Gasteiger partial charge < -0.3 is 10.7 Å². The molecule has 1 aliphatic carbocycles. The van der Waals surface area contributed by atoms with Gasteiger partial charge in [0.25, 0.3) is 5.91 Å². The van der Waals surface area contributed by atoms with Gasteiger partial charge in [-0.3, -0.25) is 9.69 Å². The number of pyridine rings is 1. The van der Waals surface area contributed by atoms with Crippen molar-refractivity contribution in [1.29, 1.82) is 0 Å². The Morgan fingerprint density at radius 2 is 2.22 bits per heavy atom. The number of aromatic amines is 1. The number of nitrogens with zero attached hydrogens (tertiary/aromatic N) is 2. The van der Waals surface area contributed by atoms with Crippen LogP contribution in [0.5, 0.6) is 0 Å². The number of carbonyl (C=O) groups is 1. The Balaban J connectivity index is 1.93. The Bertz CT molecular complexity index is 543. The second-order valence-electron chi connectivity index (χ2n) is 4.44. The van der Waals surface area contributed by atoms with Gasteiger partial charge >= 0.3 is 0 Å². The van der Waals surface area contributed by atoms with E-state index in [0.717, 1.165) is 12.8 Å². The minimum absolute atomic E-state index is 0.0419. The van der Waals surface area contributed by atoms with Crippen LogP contribution in [-0.2, 0) is 0 Å². The second kappa shape index (κ2) is 4.18. The third-order valence-corrected chi connectivity index (χ3v) is 2.98. The second-order valence-corrected chi connectivity index (χ2v) is 4.44. The lowest BCUT2D eigenvalue weighted by atomic mass is 10.3. The molecule has 1 aliphatic rings. The summed E-state index contributed by atoms with van der Waals surface area (Å²) >= 11 is 0. The Morgan fingerprint density at radius 1 is 1.39 bits per heavy atom. The van der Waals surface area contributed by atoms with Crippen LogP contribution < -0.4 is 10.6 Å². The molecule has 2 heterocycles. The number of carbonyl (C=O) groups excluding carboxylic acids is 1. The van der Waals surface area contributed by atoms with E-state index in [2.05, 4.69) is 9.97 Å². The maximum Gasteiger partial charge on any atom is 0.276 e. The first-order valence-corrected chi connectivity index (χ1v) is 5.94. The minimum atomic E-state index is -0.0419. The van der Waals surface area contributed by atoms with Gasteiger partial charge in [-0.2, -0.15) is 0 Å². The summed E-state index contributed by atoms with van der Waals surface area (Å²) in [4.78, 5) is 21.3. The average molecular weight is 242 g/mol. The molecule has 0 bridgehead atoms. The lowest BCUT2D eigenvalue weighted by molar-refractivity contribution is 0.0980. The van der Waals surface area contributed by atoms with Gasteiger partial charge in [-0.15, -0.1) is 0 Å². The van der Waals surface area contributed by atoms with Gasteiger partial charge in [0, 0.05) is 12.2 Å². The predicted molar refractivity (Wildman–Crippen MR) is 69.3 cm³/mol. The van der Waals surface area contributed by atoms with E-state index < -0.39 is 0 Å². The topological polar surface area (TPSA) is 75.0 Å². The monoisotopic (exact) mass is 242 g/mol. The molecular formula is C13H14N4O. The highest BCUT2D eigenvalue weighted by molar-refractivity contribution is 6.05. The summed E-state index contributed by atoms with van der Waals surface area (Å²) < 4.78 is 0. The molecule has 1 amide bonds. The summed E-state index contributed by atoms with van der Waals surface area (Å²) in [7, 11) is 0. The van der Waals surface area contributed by atoms with E-state index in [1.54, 1.807) is 35.5 Å². The fraction of sp³-hybridized carbons (Fsp3) is 0.231. The lowest BCUT2D eigenvalue weighted by Gasteiger charge is -2.20. The molecule has 0 radical (unpaired) electrons. The van der Waals surface area contributed by atoms with Gasteiger partial charge in [-0.05, 0) is 37.1 Å². The Morgan fingerprint density at radius 3 is 2.78 bits per heavy atom. The van der Waals surface area contributed by atoms with E-state index in [4.69, 9.17) is 5.73 Å². The molecule has 0 saturated heterocycles. The van der Waals surface area contributed by atoms with Gasteiger partial charge in [0.2, 0.25) is 0 Å². The number of hydrogen-bond acceptors (Lipinski definition) is 3. The summed E-state index contributed by atoms with van der Waals surface area (Å²) in [6, 6.07) is 7.40. The van der Waals surface area contributed by atoms with Crippen molar-refractivity contribution in [2.75, 3.05) is 10.6 Å². The van der Waals surface area contributed by atoms with Crippen LogP contribution in [0.15, 0.2) is 36.7 Å². The van der Waals surface area contributed by atoms with Crippen LogP contribution in [0.3, 0.4) is 0 Å². The summed E-state index contributed by atoms with van der Waals surface area (Å²) in [6.45, 7) is 0. The highest BCUT2D eigenvalue weighted by atomic mass is 16.2. The molecule has 5 heteroatoms. The van der Waals surface area contributed by atoms with Crippen molar-refractivity contribution < 1.29 is 4.79 Å². The fourth-order valence-electron chi connectivity index (χ4n) is 1.92. The van der Waals surface area contributed by atoms with Crippen molar-refractivity contribution in [2.45, 2.75) is 18.9 Å². The SMILES string of the molecule is Nc1ccc(N(C(=O)c2ccc[nH]2)C2CC2)nc1. The maximum atomic E-state index is 12.4. The first-order chi connectivity index (χ1) is 8.75. The standard InChI is InChI=1S/C13H14N4O/c14-9-3-6-12(16-8-9)17(10-4-5-10)13(18)11-2-1-7-15-11/h1-3,6-8,10,15H,4-5,14H2. The van der Waals surface area contributed by atoms with Crippen molar-refractivity contribution in [3.63, 3.8) is 0 Å². The summed E-state index contributed by atoms with van der Waals surface area (Å²) in [5, 5.41) is 0. The maximum absolute atomic E-state index is 12.4. The van der Waals surface area contributed by atoms with Gasteiger partial charge in [-0.25, -0.2) is 4.98 Å². The third kappa shape index (κ3) is 1.95. The number of H-pyrrole nitrogens is 1. The van der Waals surface area contributed by atoms with Gasteiger partial charge in [0.15, 0.2) is 0 Å². The van der Waals surface area contributed by atoms with Gasteiger partial charge in [-0.1, -0.05) is 0 Å². The van der Waals surface area contributed by atoms with Crippen molar-refractivity contribution in [3.8, 4) is 0 Å². The number of anilines is 2. The number of rotatable bonds is 3. The minimum Gasteiger partial charge on any atom is -0.397 e. The zero-order valence-corrected chi connectivity index (χ0v) is 9.84. The summed E-state index contributed by atoms with van der Waals surface area (Å²) in [6.07, 6.45) is 5.37. The molecule has 92 valence electrons. The van der Waals surface area contributed by atoms with E-state index in [0.29, 0.717) is 17.2 Å². The number of hydrogen-bond donors (Lipinski definition) is 2. The summed E-state index contributed by atoms with van der Waals surface area (Å²) in [5.74, 6) is 0.617. The Kier molecular flexibility index (Phi) is 2.51. The van der Waals surface area contributed by atoms with Crippen LogP contribution >= 0.6 is 0 Å². The number of nitrogens with one attached hydrogen (secondary N) is 1. The first kappa shape index (κ1) is 10.8. The molecule has 0 aliphatic heterocycles. The Labute approximate surface area is 105 Å². The van der Waals surface area contributed by atoms with Gasteiger partial charge in [0.05, 0.1) is 11.9 Å². The van der Waals surface area contributed by atoms with Crippen molar-refractivity contribution in [3.05, 3.63) is 42.4 Å². The Hall–Kier alpha value is -2.30. The van der Waals surface area contributed by atoms with Gasteiger partial charge in [0.1, 0.15) is 11.5 Å². The smallest absolute Gasteiger partial charge is 0.276 e. The molecule has 3 rings (SSSR count). The molecule has 0 unspecified atom stereocenters. The highest BCUT2D eigenvalue weighted by Crippen LogP contribution is 2.31. The lowest BCUT2D eigenvalue weighted by Crippen LogP contribution is -2.34. The summed E-state index contributed by atoms with van der Waals surface area (Å²) in [5.41, 5.74) is 6.80. The molecule has 0 atom stereocenters. The average Bonchev–Trinajstić information content (AvgIpc) is 3.05. The molecule has 0 aromatic carbocycles. The zero-order chi connectivity index (χ0) is 12.5. The van der Waals surface area contributed by atoms with E-state index >= 15 is 0 Å². The normalized spacial score (nSPS) is 14.4. The predicted octanol–water partition coefficient (Wildman–Crippen LogP) is 1.80. The number of amides is 1. The van der Waals surface area contributed by atoms with Crippen LogP contribution in [0.1, 0.15) is 23.3 Å². The number of nitrogens with two attached hydrogens (primary N) is 1. The van der Waals surface area contributed by atoms with Crippen LogP contribution in [-0.4, -0.2) is 21.9 Å². The molecule has 18 heavy (non-hydrogen) atoms. The van der Waals surface area contributed by atoms with E-state index in [1.165, 1.54) is 0 Å². The largest absolute Gasteiger partial charge is 0.397 e. The van der Waals surface area contributed by atoms with Crippen molar-refractivity contribution in [1.82, 2.24) is 9.97 Å². The van der Waals surface area contributed by atoms with E-state index in [9.17, 15) is 4.79 Å². The van der Waals surface area contributed by atoms with Crippen molar-refractivity contribution >= 4 is 17.4 Å². The van der Waals surface area contributed by atoms with Crippen molar-refractivity contribution in [2.24, 2.45) is 0 Å². The molecule has 2 aromatic rings. The molecular weight excluding hydrogens is 228 g/mol. The highest BCUT2D eigenvalue weighted by Gasteiger charge is 2.35.